The lowest BCUT2D eigenvalue weighted by Crippen LogP contribution is -2.34. The summed E-state index contributed by atoms with van der Waals surface area (Å²) < 4.78 is 25.8. The molecule has 0 aliphatic heterocycles. The number of nitriles is 1. The lowest BCUT2D eigenvalue weighted by molar-refractivity contribution is -0.384. The van der Waals surface area contributed by atoms with Crippen molar-refractivity contribution in [1.29, 1.82) is 5.26 Å². The van der Waals surface area contributed by atoms with Gasteiger partial charge in [0.05, 0.1) is 11.0 Å². The van der Waals surface area contributed by atoms with Gasteiger partial charge in [-0.2, -0.15) is 9.98 Å². The summed E-state index contributed by atoms with van der Waals surface area (Å²) in [6, 6.07) is 1.98. The Morgan fingerprint density at radius 3 is 2.68 bits per heavy atom. The van der Waals surface area contributed by atoms with Crippen molar-refractivity contribution in [2.45, 2.75) is 23.1 Å². The Kier molecular flexibility index (Phi) is 3.78. The van der Waals surface area contributed by atoms with Gasteiger partial charge in [-0.15, -0.1) is 11.3 Å². The van der Waals surface area contributed by atoms with Gasteiger partial charge in [0.25, 0.3) is 15.7 Å². The van der Waals surface area contributed by atoms with E-state index in [1.165, 1.54) is 0 Å². The number of halogens is 1. The second-order valence-electron chi connectivity index (χ2n) is 4.05. The van der Waals surface area contributed by atoms with Crippen LogP contribution in [0.1, 0.15) is 12.8 Å². The Morgan fingerprint density at radius 2 is 2.26 bits per heavy atom. The first-order chi connectivity index (χ1) is 8.85. The number of rotatable bonds is 5. The number of nitrogens with zero attached hydrogens (tertiary/aromatic N) is 2. The van der Waals surface area contributed by atoms with E-state index in [9.17, 15) is 18.5 Å². The van der Waals surface area contributed by atoms with Gasteiger partial charge in [-0.1, -0.05) is 11.6 Å². The van der Waals surface area contributed by atoms with Crippen LogP contribution in [0.2, 0.25) is 4.34 Å². The smallest absolute Gasteiger partial charge is 0.258 e. The van der Waals surface area contributed by atoms with Crippen LogP contribution in [0.15, 0.2) is 10.3 Å². The third-order valence-corrected chi connectivity index (χ3v) is 5.87. The zero-order chi connectivity index (χ0) is 14.2. The molecule has 1 fully saturated rings. The van der Waals surface area contributed by atoms with E-state index in [2.05, 4.69) is 4.72 Å². The number of sulfonamides is 1. The van der Waals surface area contributed by atoms with Crippen LogP contribution in [-0.4, -0.2) is 19.4 Å². The fraction of sp³-hybridized carbons (Fsp3) is 0.444. The SMILES string of the molecule is N#CC(NS(=O)(=O)c1cc([N+](=O)[O-])c(Cl)s1)C1CC1. The minimum atomic E-state index is -3.95. The molecule has 1 aromatic heterocycles. The number of nitro groups is 1. The highest BCUT2D eigenvalue weighted by Gasteiger charge is 2.35. The van der Waals surface area contributed by atoms with Crippen molar-refractivity contribution in [1.82, 2.24) is 4.72 Å². The van der Waals surface area contributed by atoms with Crippen LogP contribution in [-0.2, 0) is 10.0 Å². The van der Waals surface area contributed by atoms with E-state index in [0.29, 0.717) is 11.3 Å². The summed E-state index contributed by atoms with van der Waals surface area (Å²) in [5, 5.41) is 19.5. The number of thiophene rings is 1. The van der Waals surface area contributed by atoms with E-state index in [-0.39, 0.29) is 14.5 Å². The van der Waals surface area contributed by atoms with Crippen LogP contribution in [0, 0.1) is 27.4 Å². The molecule has 1 unspecified atom stereocenters. The van der Waals surface area contributed by atoms with Crippen molar-refractivity contribution in [3.05, 3.63) is 20.5 Å². The van der Waals surface area contributed by atoms with Gasteiger partial charge in [-0.3, -0.25) is 10.1 Å². The van der Waals surface area contributed by atoms with Gasteiger partial charge >= 0.3 is 0 Å². The monoisotopic (exact) mass is 321 g/mol. The fourth-order valence-corrected chi connectivity index (χ4v) is 4.37. The second-order valence-corrected chi connectivity index (χ2v) is 7.64. The zero-order valence-electron chi connectivity index (χ0n) is 9.37. The van der Waals surface area contributed by atoms with Gasteiger partial charge in [0.2, 0.25) is 0 Å². The minimum absolute atomic E-state index is 0.0187. The molecule has 1 aliphatic carbocycles. The maximum Gasteiger partial charge on any atom is 0.300 e. The van der Waals surface area contributed by atoms with Crippen molar-refractivity contribution in [3.63, 3.8) is 0 Å². The van der Waals surface area contributed by atoms with E-state index in [0.717, 1.165) is 18.9 Å². The number of hydrogen-bond donors (Lipinski definition) is 1. The maximum atomic E-state index is 12.0. The molecule has 0 bridgehead atoms. The van der Waals surface area contributed by atoms with Gasteiger partial charge in [-0.05, 0) is 18.8 Å². The Bertz CT molecular complexity index is 659. The third kappa shape index (κ3) is 3.03. The molecule has 0 spiro atoms. The molecule has 10 heteroatoms. The summed E-state index contributed by atoms with van der Waals surface area (Å²) in [5.74, 6) is 0.0187. The molecule has 1 aliphatic rings. The van der Waals surface area contributed by atoms with Crippen molar-refractivity contribution in [3.8, 4) is 6.07 Å². The Morgan fingerprint density at radius 1 is 1.63 bits per heavy atom. The largest absolute Gasteiger partial charge is 0.300 e. The first kappa shape index (κ1) is 14.2. The number of hydrogen-bond acceptors (Lipinski definition) is 6. The van der Waals surface area contributed by atoms with Gasteiger partial charge in [0.15, 0.2) is 4.34 Å². The van der Waals surface area contributed by atoms with E-state index in [1.807, 2.05) is 6.07 Å². The molecule has 0 amide bonds. The van der Waals surface area contributed by atoms with E-state index in [1.54, 1.807) is 0 Å². The van der Waals surface area contributed by atoms with Crippen molar-refractivity contribution in [2.75, 3.05) is 0 Å². The summed E-state index contributed by atoms with van der Waals surface area (Å²) in [4.78, 5) is 9.87. The molecule has 1 saturated carbocycles. The lowest BCUT2D eigenvalue weighted by atomic mass is 10.2. The molecule has 7 nitrogen and oxygen atoms in total. The highest BCUT2D eigenvalue weighted by atomic mass is 35.5. The molecule has 0 aromatic carbocycles. The van der Waals surface area contributed by atoms with Crippen molar-refractivity contribution < 1.29 is 13.3 Å². The molecular weight excluding hydrogens is 314 g/mol. The van der Waals surface area contributed by atoms with Gasteiger partial charge in [0.1, 0.15) is 10.3 Å². The molecule has 102 valence electrons. The molecule has 0 radical (unpaired) electrons. The number of nitrogens with one attached hydrogen (secondary N) is 1. The average Bonchev–Trinajstić information content (AvgIpc) is 3.08. The first-order valence-corrected chi connectivity index (χ1v) is 7.88. The molecule has 1 aromatic rings. The predicted octanol–water partition coefficient (Wildman–Crippen LogP) is 1.89. The highest BCUT2D eigenvalue weighted by Crippen LogP contribution is 2.37. The van der Waals surface area contributed by atoms with Gasteiger partial charge in [-0.25, -0.2) is 8.42 Å². The van der Waals surface area contributed by atoms with Gasteiger partial charge < -0.3 is 0 Å². The summed E-state index contributed by atoms with van der Waals surface area (Å²) in [7, 11) is -3.95. The summed E-state index contributed by atoms with van der Waals surface area (Å²) in [6.45, 7) is 0. The van der Waals surface area contributed by atoms with Crippen LogP contribution < -0.4 is 4.72 Å². The Labute approximate surface area is 118 Å². The van der Waals surface area contributed by atoms with Crippen LogP contribution in [0.4, 0.5) is 5.69 Å². The topological polar surface area (TPSA) is 113 Å². The molecule has 1 N–H and O–H groups in total. The highest BCUT2D eigenvalue weighted by molar-refractivity contribution is 7.91. The minimum Gasteiger partial charge on any atom is -0.258 e. The van der Waals surface area contributed by atoms with Crippen LogP contribution in [0.3, 0.4) is 0 Å². The van der Waals surface area contributed by atoms with E-state index >= 15 is 0 Å². The van der Waals surface area contributed by atoms with Crippen molar-refractivity contribution >= 4 is 38.6 Å². The standard InChI is InChI=1S/C9H8ClN3O4S2/c10-9-7(13(14)15)3-8(18-9)19(16,17)12-6(4-11)5-1-2-5/h3,5-6,12H,1-2H2. The van der Waals surface area contributed by atoms with Crippen molar-refractivity contribution in [2.24, 2.45) is 5.92 Å². The van der Waals surface area contributed by atoms with Gasteiger partial charge in [0, 0.05) is 6.07 Å². The zero-order valence-corrected chi connectivity index (χ0v) is 11.8. The van der Waals surface area contributed by atoms with Crippen LogP contribution in [0.5, 0.6) is 0 Å². The molecule has 2 rings (SSSR count). The lowest BCUT2D eigenvalue weighted by Gasteiger charge is -2.09. The Balaban J connectivity index is 2.27. The molecule has 0 saturated heterocycles. The summed E-state index contributed by atoms with van der Waals surface area (Å²) in [5.41, 5.74) is -0.452. The average molecular weight is 322 g/mol. The first-order valence-electron chi connectivity index (χ1n) is 5.21. The quantitative estimate of drug-likeness (QED) is 0.657. The summed E-state index contributed by atoms with van der Waals surface area (Å²) >= 11 is 6.21. The van der Waals surface area contributed by atoms with Crippen LogP contribution in [0.25, 0.3) is 0 Å². The fourth-order valence-electron chi connectivity index (χ4n) is 1.48. The normalized spacial score (nSPS) is 16.8. The second kappa shape index (κ2) is 5.05. The molecular formula is C9H8ClN3O4S2. The summed E-state index contributed by atoms with van der Waals surface area (Å²) in [6.07, 6.45) is 1.60. The predicted molar refractivity (Wildman–Crippen MR) is 68.4 cm³/mol. The third-order valence-electron chi connectivity index (χ3n) is 2.62. The molecule has 1 heterocycles. The molecule has 19 heavy (non-hydrogen) atoms. The Hall–Kier alpha value is -1.21. The van der Waals surface area contributed by atoms with E-state index in [4.69, 9.17) is 16.9 Å². The maximum absolute atomic E-state index is 12.0. The molecule has 1 atom stereocenters. The van der Waals surface area contributed by atoms with Crippen LogP contribution >= 0.6 is 22.9 Å². The van der Waals surface area contributed by atoms with E-state index < -0.39 is 26.7 Å².